The minimum atomic E-state index is -0.923. The second-order valence-electron chi connectivity index (χ2n) is 5.72. The van der Waals surface area contributed by atoms with Crippen molar-refractivity contribution in [2.75, 3.05) is 6.54 Å². The number of carbonyl (C=O) groups is 2. The number of carbonyl (C=O) groups excluding carboxylic acids is 1. The van der Waals surface area contributed by atoms with Crippen LogP contribution in [0.15, 0.2) is 29.6 Å². The molecule has 0 saturated carbocycles. The number of carboxylic acid groups (broad SMARTS) is 1. The first-order valence-corrected chi connectivity index (χ1v) is 8.50. The van der Waals surface area contributed by atoms with Gasteiger partial charge in [-0.3, -0.25) is 4.79 Å². The second kappa shape index (κ2) is 6.50. The topological polar surface area (TPSA) is 70.5 Å². The molecule has 1 aromatic carbocycles. The summed E-state index contributed by atoms with van der Waals surface area (Å²) in [5, 5.41) is 12.2. The molecule has 0 bridgehead atoms. The highest BCUT2D eigenvalue weighted by molar-refractivity contribution is 7.13. The number of rotatable bonds is 3. The van der Waals surface area contributed by atoms with Crippen molar-refractivity contribution in [2.45, 2.75) is 32.2 Å². The Labute approximate surface area is 138 Å². The first-order chi connectivity index (χ1) is 11.1. The molecule has 6 heteroatoms. The monoisotopic (exact) mass is 330 g/mol. The third-order valence-corrected chi connectivity index (χ3v) is 5.06. The van der Waals surface area contributed by atoms with Crippen LogP contribution in [0.3, 0.4) is 0 Å². The van der Waals surface area contributed by atoms with Crippen molar-refractivity contribution in [1.82, 2.24) is 9.88 Å². The Balaban J connectivity index is 1.80. The van der Waals surface area contributed by atoms with Gasteiger partial charge in [-0.05, 0) is 38.3 Å². The number of amides is 1. The summed E-state index contributed by atoms with van der Waals surface area (Å²) in [5.74, 6) is -1.13. The summed E-state index contributed by atoms with van der Waals surface area (Å²) in [6, 6.07) is 6.53. The van der Waals surface area contributed by atoms with E-state index < -0.39 is 12.0 Å². The lowest BCUT2D eigenvalue weighted by Crippen LogP contribution is -2.47. The molecule has 0 radical (unpaired) electrons. The number of hydrogen-bond donors (Lipinski definition) is 1. The van der Waals surface area contributed by atoms with Crippen LogP contribution in [-0.4, -0.2) is 39.5 Å². The summed E-state index contributed by atoms with van der Waals surface area (Å²) in [7, 11) is 0. The van der Waals surface area contributed by atoms with E-state index in [1.807, 2.05) is 24.4 Å². The molecule has 23 heavy (non-hydrogen) atoms. The molecule has 1 saturated heterocycles. The van der Waals surface area contributed by atoms with Gasteiger partial charge in [0, 0.05) is 28.7 Å². The number of likely N-dealkylation sites (tertiary alicyclic amines) is 1. The Kier molecular flexibility index (Phi) is 4.43. The van der Waals surface area contributed by atoms with Gasteiger partial charge < -0.3 is 10.0 Å². The number of benzene rings is 1. The molecular formula is C17H18N2O3S. The molecule has 1 aromatic heterocycles. The number of thiazole rings is 1. The lowest BCUT2D eigenvalue weighted by Gasteiger charge is -2.33. The fourth-order valence-corrected chi connectivity index (χ4v) is 3.64. The van der Waals surface area contributed by atoms with Gasteiger partial charge in [0.25, 0.3) is 5.91 Å². The number of carboxylic acids is 1. The Bertz CT molecular complexity index is 724. The first-order valence-electron chi connectivity index (χ1n) is 7.62. The van der Waals surface area contributed by atoms with Crippen molar-refractivity contribution in [1.29, 1.82) is 0 Å². The summed E-state index contributed by atoms with van der Waals surface area (Å²) in [6.45, 7) is 2.45. The average Bonchev–Trinajstić information content (AvgIpc) is 3.01. The largest absolute Gasteiger partial charge is 0.480 e. The van der Waals surface area contributed by atoms with Crippen LogP contribution in [0.2, 0.25) is 0 Å². The van der Waals surface area contributed by atoms with E-state index in [0.29, 0.717) is 18.5 Å². The molecule has 2 heterocycles. The van der Waals surface area contributed by atoms with Crippen molar-refractivity contribution in [3.8, 4) is 10.6 Å². The molecule has 0 unspecified atom stereocenters. The normalized spacial score (nSPS) is 18.0. The van der Waals surface area contributed by atoms with E-state index in [4.69, 9.17) is 0 Å². The number of piperidine rings is 1. The van der Waals surface area contributed by atoms with Crippen LogP contribution < -0.4 is 0 Å². The fourth-order valence-electron chi connectivity index (χ4n) is 2.84. The third kappa shape index (κ3) is 3.27. The fraction of sp³-hybridized carbons (Fsp3) is 0.353. The Morgan fingerprint density at radius 3 is 2.61 bits per heavy atom. The van der Waals surface area contributed by atoms with Crippen molar-refractivity contribution in [2.24, 2.45) is 0 Å². The highest BCUT2D eigenvalue weighted by Gasteiger charge is 2.32. The van der Waals surface area contributed by atoms with Crippen LogP contribution in [0, 0.1) is 6.92 Å². The van der Waals surface area contributed by atoms with Crippen LogP contribution in [0.5, 0.6) is 0 Å². The summed E-state index contributed by atoms with van der Waals surface area (Å²) in [6.07, 6.45) is 2.23. The Hall–Kier alpha value is -2.21. The maximum absolute atomic E-state index is 12.6. The van der Waals surface area contributed by atoms with E-state index >= 15 is 0 Å². The van der Waals surface area contributed by atoms with Gasteiger partial charge in [-0.1, -0.05) is 12.1 Å². The summed E-state index contributed by atoms with van der Waals surface area (Å²) >= 11 is 1.57. The molecule has 1 amide bonds. The number of aromatic nitrogens is 1. The molecule has 3 rings (SSSR count). The van der Waals surface area contributed by atoms with Gasteiger partial charge in [0.05, 0.1) is 0 Å². The first kappa shape index (κ1) is 15.7. The van der Waals surface area contributed by atoms with E-state index in [1.165, 1.54) is 4.90 Å². The van der Waals surface area contributed by atoms with Gasteiger partial charge in [0.1, 0.15) is 11.0 Å². The molecule has 0 aliphatic carbocycles. The molecule has 5 nitrogen and oxygen atoms in total. The minimum absolute atomic E-state index is 0.209. The second-order valence-corrected chi connectivity index (χ2v) is 6.58. The number of hydrogen-bond acceptors (Lipinski definition) is 4. The highest BCUT2D eigenvalue weighted by atomic mass is 32.1. The van der Waals surface area contributed by atoms with E-state index in [0.717, 1.165) is 29.1 Å². The predicted molar refractivity (Wildman–Crippen MR) is 88.6 cm³/mol. The van der Waals surface area contributed by atoms with Crippen LogP contribution in [0.25, 0.3) is 10.6 Å². The zero-order valence-corrected chi connectivity index (χ0v) is 13.7. The molecule has 0 spiro atoms. The van der Waals surface area contributed by atoms with Gasteiger partial charge >= 0.3 is 5.97 Å². The zero-order valence-electron chi connectivity index (χ0n) is 12.9. The summed E-state index contributed by atoms with van der Waals surface area (Å²) in [5.41, 5.74) is 2.46. The molecule has 1 N–H and O–H groups in total. The van der Waals surface area contributed by atoms with Gasteiger partial charge in [-0.2, -0.15) is 0 Å². The van der Waals surface area contributed by atoms with E-state index in [1.54, 1.807) is 23.5 Å². The van der Waals surface area contributed by atoms with Gasteiger partial charge in [0.15, 0.2) is 0 Å². The molecule has 2 aromatic rings. The summed E-state index contributed by atoms with van der Waals surface area (Å²) < 4.78 is 0. The smallest absolute Gasteiger partial charge is 0.326 e. The van der Waals surface area contributed by atoms with Crippen LogP contribution in [-0.2, 0) is 4.79 Å². The molecular weight excluding hydrogens is 312 g/mol. The van der Waals surface area contributed by atoms with Crippen molar-refractivity contribution in [3.05, 3.63) is 40.9 Å². The highest BCUT2D eigenvalue weighted by Crippen LogP contribution is 2.25. The van der Waals surface area contributed by atoms with Gasteiger partial charge in [-0.25, -0.2) is 9.78 Å². The van der Waals surface area contributed by atoms with Crippen LogP contribution in [0.1, 0.15) is 35.3 Å². The lowest BCUT2D eigenvalue weighted by atomic mass is 10.0. The number of aryl methyl sites for hydroxylation is 1. The molecule has 1 fully saturated rings. The number of aliphatic carboxylic acids is 1. The molecule has 1 atom stereocenters. The van der Waals surface area contributed by atoms with Gasteiger partial charge in [-0.15, -0.1) is 11.3 Å². The quantitative estimate of drug-likeness (QED) is 0.938. The molecule has 1 aliphatic heterocycles. The Morgan fingerprint density at radius 2 is 2.00 bits per heavy atom. The SMILES string of the molecule is Cc1csc(-c2ccc(C(=O)N3CCCC[C@H]3C(=O)O)cc2)n1. The predicted octanol–water partition coefficient (Wildman–Crippen LogP) is 3.20. The molecule has 120 valence electrons. The molecule has 1 aliphatic rings. The number of nitrogens with zero attached hydrogens (tertiary/aromatic N) is 2. The maximum atomic E-state index is 12.6. The van der Waals surface area contributed by atoms with Crippen molar-refractivity contribution < 1.29 is 14.7 Å². The van der Waals surface area contributed by atoms with E-state index in [9.17, 15) is 14.7 Å². The standard InChI is InChI=1S/C17H18N2O3S/c1-11-10-23-15(18-11)12-5-7-13(8-6-12)16(20)19-9-3-2-4-14(19)17(21)22/h5-8,10,14H,2-4,9H2,1H3,(H,21,22)/t14-/m0/s1. The third-order valence-electron chi connectivity index (χ3n) is 4.05. The maximum Gasteiger partial charge on any atom is 0.326 e. The van der Waals surface area contributed by atoms with Crippen LogP contribution in [0.4, 0.5) is 0 Å². The van der Waals surface area contributed by atoms with Gasteiger partial charge in [0.2, 0.25) is 0 Å². The van der Waals surface area contributed by atoms with Crippen molar-refractivity contribution >= 4 is 23.2 Å². The average molecular weight is 330 g/mol. The lowest BCUT2D eigenvalue weighted by molar-refractivity contribution is -0.143. The zero-order chi connectivity index (χ0) is 16.4. The summed E-state index contributed by atoms with van der Waals surface area (Å²) in [4.78, 5) is 29.9. The minimum Gasteiger partial charge on any atom is -0.480 e. The van der Waals surface area contributed by atoms with Crippen LogP contribution >= 0.6 is 11.3 Å². The Morgan fingerprint density at radius 1 is 1.26 bits per heavy atom. The van der Waals surface area contributed by atoms with Crippen molar-refractivity contribution in [3.63, 3.8) is 0 Å². The van der Waals surface area contributed by atoms with E-state index in [-0.39, 0.29) is 5.91 Å². The van der Waals surface area contributed by atoms with E-state index in [2.05, 4.69) is 4.98 Å².